The number of hydrogen-bond donors (Lipinski definition) is 1. The van der Waals surface area contributed by atoms with Crippen LogP contribution in [0.4, 0.5) is 0 Å². The van der Waals surface area contributed by atoms with Crippen molar-refractivity contribution in [2.24, 2.45) is 5.92 Å². The number of benzene rings is 1. The summed E-state index contributed by atoms with van der Waals surface area (Å²) in [6, 6.07) is 6.34. The van der Waals surface area contributed by atoms with E-state index in [4.69, 9.17) is 14.6 Å². The molecule has 0 amide bonds. The minimum absolute atomic E-state index is 0.211. The lowest BCUT2D eigenvalue weighted by atomic mass is 10.1. The van der Waals surface area contributed by atoms with Crippen molar-refractivity contribution in [3.8, 4) is 5.75 Å². The van der Waals surface area contributed by atoms with Crippen molar-refractivity contribution in [2.45, 2.75) is 26.9 Å². The van der Waals surface area contributed by atoms with Gasteiger partial charge in [0.05, 0.1) is 18.3 Å². The van der Waals surface area contributed by atoms with Crippen LogP contribution in [0.25, 0.3) is 0 Å². The molecular formula is C14H20O4. The first-order chi connectivity index (χ1) is 8.50. The van der Waals surface area contributed by atoms with Crippen molar-refractivity contribution >= 4 is 5.97 Å². The van der Waals surface area contributed by atoms with E-state index in [-0.39, 0.29) is 11.7 Å². The first-order valence-electron chi connectivity index (χ1n) is 6.08. The molecule has 4 nitrogen and oxygen atoms in total. The summed E-state index contributed by atoms with van der Waals surface area (Å²) < 4.78 is 11.0. The molecule has 0 aliphatic rings. The molecular weight excluding hydrogens is 232 g/mol. The van der Waals surface area contributed by atoms with Gasteiger partial charge in [0.15, 0.2) is 0 Å². The van der Waals surface area contributed by atoms with Crippen molar-refractivity contribution in [2.75, 3.05) is 13.2 Å². The Hall–Kier alpha value is -1.55. The van der Waals surface area contributed by atoms with Crippen LogP contribution in [-0.2, 0) is 4.74 Å². The van der Waals surface area contributed by atoms with E-state index in [9.17, 15) is 4.79 Å². The average molecular weight is 252 g/mol. The Kier molecular flexibility index (Phi) is 5.65. The monoisotopic (exact) mass is 252 g/mol. The summed E-state index contributed by atoms with van der Waals surface area (Å²) >= 11 is 0. The molecule has 0 fully saturated rings. The van der Waals surface area contributed by atoms with Gasteiger partial charge in [0.2, 0.25) is 0 Å². The highest BCUT2D eigenvalue weighted by Gasteiger charge is 2.06. The third kappa shape index (κ3) is 4.75. The standard InChI is InChI=1S/C14H20O4/c1-10(2)11(3)17-8-9-18-13-6-4-12(5-7-13)14(15)16/h4-7,10-11H,8-9H2,1-3H3,(H,15,16). The smallest absolute Gasteiger partial charge is 0.335 e. The van der Waals surface area contributed by atoms with Crippen LogP contribution in [0.3, 0.4) is 0 Å². The van der Waals surface area contributed by atoms with E-state index in [0.29, 0.717) is 24.9 Å². The summed E-state index contributed by atoms with van der Waals surface area (Å²) in [5.41, 5.74) is 0.257. The van der Waals surface area contributed by atoms with Crippen molar-refractivity contribution in [1.29, 1.82) is 0 Å². The van der Waals surface area contributed by atoms with Gasteiger partial charge in [-0.2, -0.15) is 0 Å². The van der Waals surface area contributed by atoms with E-state index in [1.807, 2.05) is 6.92 Å². The van der Waals surface area contributed by atoms with E-state index in [1.54, 1.807) is 12.1 Å². The second-order valence-corrected chi connectivity index (χ2v) is 4.50. The fraction of sp³-hybridized carbons (Fsp3) is 0.500. The minimum Gasteiger partial charge on any atom is -0.491 e. The fourth-order valence-electron chi connectivity index (χ4n) is 1.28. The number of rotatable bonds is 7. The number of aromatic carboxylic acids is 1. The summed E-state index contributed by atoms with van der Waals surface area (Å²) in [5, 5.41) is 8.74. The number of carbonyl (C=O) groups is 1. The molecule has 1 unspecified atom stereocenters. The molecule has 100 valence electrons. The van der Waals surface area contributed by atoms with Gasteiger partial charge < -0.3 is 14.6 Å². The van der Waals surface area contributed by atoms with Gasteiger partial charge in [-0.3, -0.25) is 0 Å². The van der Waals surface area contributed by atoms with Crippen LogP contribution in [0.5, 0.6) is 5.75 Å². The van der Waals surface area contributed by atoms with Crippen LogP contribution in [0.15, 0.2) is 24.3 Å². The molecule has 1 aromatic carbocycles. The van der Waals surface area contributed by atoms with E-state index < -0.39 is 5.97 Å². The van der Waals surface area contributed by atoms with Gasteiger partial charge in [0.25, 0.3) is 0 Å². The molecule has 0 saturated carbocycles. The Morgan fingerprint density at radius 3 is 2.28 bits per heavy atom. The fourth-order valence-corrected chi connectivity index (χ4v) is 1.28. The highest BCUT2D eigenvalue weighted by molar-refractivity contribution is 5.87. The van der Waals surface area contributed by atoms with Gasteiger partial charge in [0.1, 0.15) is 12.4 Å². The van der Waals surface area contributed by atoms with E-state index in [0.717, 1.165) is 0 Å². The van der Waals surface area contributed by atoms with Gasteiger partial charge in [-0.1, -0.05) is 13.8 Å². The first kappa shape index (κ1) is 14.5. The van der Waals surface area contributed by atoms with Crippen LogP contribution in [0, 0.1) is 5.92 Å². The molecule has 1 N–H and O–H groups in total. The van der Waals surface area contributed by atoms with Gasteiger partial charge in [-0.15, -0.1) is 0 Å². The predicted octanol–water partition coefficient (Wildman–Crippen LogP) is 2.82. The second kappa shape index (κ2) is 7.01. The molecule has 1 rings (SSSR count). The van der Waals surface area contributed by atoms with E-state index >= 15 is 0 Å². The number of ether oxygens (including phenoxy) is 2. The Balaban J connectivity index is 2.29. The Bertz CT molecular complexity index is 370. The maximum absolute atomic E-state index is 10.7. The van der Waals surface area contributed by atoms with Crippen LogP contribution in [0.2, 0.25) is 0 Å². The van der Waals surface area contributed by atoms with Crippen molar-refractivity contribution in [1.82, 2.24) is 0 Å². The Morgan fingerprint density at radius 2 is 1.78 bits per heavy atom. The first-order valence-corrected chi connectivity index (χ1v) is 6.08. The summed E-state index contributed by atoms with van der Waals surface area (Å²) in [6.07, 6.45) is 0.211. The molecule has 0 aromatic heterocycles. The maximum Gasteiger partial charge on any atom is 0.335 e. The van der Waals surface area contributed by atoms with Crippen molar-refractivity contribution in [3.05, 3.63) is 29.8 Å². The lowest BCUT2D eigenvalue weighted by Crippen LogP contribution is -2.19. The molecule has 18 heavy (non-hydrogen) atoms. The molecule has 1 aromatic rings. The normalized spacial score (nSPS) is 12.4. The number of carboxylic acids is 1. The molecule has 4 heteroatoms. The Labute approximate surface area is 108 Å². The summed E-state index contributed by atoms with van der Waals surface area (Å²) in [6.45, 7) is 7.24. The highest BCUT2D eigenvalue weighted by Crippen LogP contribution is 2.12. The van der Waals surface area contributed by atoms with Gasteiger partial charge in [0, 0.05) is 0 Å². The van der Waals surface area contributed by atoms with Crippen LogP contribution in [-0.4, -0.2) is 30.4 Å². The van der Waals surface area contributed by atoms with Crippen molar-refractivity contribution in [3.63, 3.8) is 0 Å². The average Bonchev–Trinajstić information content (AvgIpc) is 2.34. The lowest BCUT2D eigenvalue weighted by Gasteiger charge is -2.16. The molecule has 0 aliphatic carbocycles. The zero-order chi connectivity index (χ0) is 13.5. The van der Waals surface area contributed by atoms with Crippen LogP contribution < -0.4 is 4.74 Å². The largest absolute Gasteiger partial charge is 0.491 e. The molecule has 0 aliphatic heterocycles. The third-order valence-electron chi connectivity index (χ3n) is 2.77. The molecule has 0 saturated heterocycles. The van der Waals surface area contributed by atoms with E-state index in [2.05, 4.69) is 13.8 Å². The molecule has 1 atom stereocenters. The molecule has 0 bridgehead atoms. The van der Waals surface area contributed by atoms with Crippen LogP contribution in [0.1, 0.15) is 31.1 Å². The summed E-state index contributed by atoms with van der Waals surface area (Å²) in [4.78, 5) is 10.7. The number of carboxylic acid groups (broad SMARTS) is 1. The van der Waals surface area contributed by atoms with Gasteiger partial charge in [-0.25, -0.2) is 4.79 Å². The molecule has 0 radical (unpaired) electrons. The van der Waals surface area contributed by atoms with Crippen molar-refractivity contribution < 1.29 is 19.4 Å². The SMILES string of the molecule is CC(C)C(C)OCCOc1ccc(C(=O)O)cc1. The van der Waals surface area contributed by atoms with Gasteiger partial charge in [-0.05, 0) is 37.1 Å². The number of hydrogen-bond acceptors (Lipinski definition) is 3. The summed E-state index contributed by atoms with van der Waals surface area (Å²) in [5.74, 6) is 0.205. The second-order valence-electron chi connectivity index (χ2n) is 4.50. The lowest BCUT2D eigenvalue weighted by molar-refractivity contribution is 0.0188. The summed E-state index contributed by atoms with van der Waals surface area (Å²) in [7, 11) is 0. The Morgan fingerprint density at radius 1 is 1.17 bits per heavy atom. The maximum atomic E-state index is 10.7. The topological polar surface area (TPSA) is 55.8 Å². The highest BCUT2D eigenvalue weighted by atomic mass is 16.5. The third-order valence-corrected chi connectivity index (χ3v) is 2.77. The zero-order valence-electron chi connectivity index (χ0n) is 11.1. The molecule has 0 spiro atoms. The zero-order valence-corrected chi connectivity index (χ0v) is 11.1. The van der Waals surface area contributed by atoms with E-state index in [1.165, 1.54) is 12.1 Å². The minimum atomic E-state index is -0.935. The quantitative estimate of drug-likeness (QED) is 0.758. The van der Waals surface area contributed by atoms with Crippen LogP contribution >= 0.6 is 0 Å². The van der Waals surface area contributed by atoms with Gasteiger partial charge >= 0.3 is 5.97 Å². The molecule has 0 heterocycles. The predicted molar refractivity (Wildman–Crippen MR) is 69.1 cm³/mol.